The molecule has 1 heterocycles. The van der Waals surface area contributed by atoms with Gasteiger partial charge in [-0.25, -0.2) is 5.01 Å². The van der Waals surface area contributed by atoms with E-state index in [1.54, 1.807) is 0 Å². The zero-order valence-corrected chi connectivity index (χ0v) is 8.40. The second kappa shape index (κ2) is 4.08. The molecule has 6 heteroatoms. The molecule has 0 spiro atoms. The number of β-lactam (4-membered cyclic amide) rings is 1. The standard InChI is InChI=1S/C8H13N3O3/c1-5(2)14-10-7-4-11(8(7)13)9-6(3)12/h5H,4H2,1-3H3,(H,9,12)/b10-7+. The number of oxime groups is 1. The maximum Gasteiger partial charge on any atom is 0.292 e. The third-order valence-corrected chi connectivity index (χ3v) is 1.47. The molecule has 1 aliphatic rings. The van der Waals surface area contributed by atoms with Gasteiger partial charge in [0.1, 0.15) is 6.10 Å². The van der Waals surface area contributed by atoms with Gasteiger partial charge >= 0.3 is 0 Å². The molecule has 0 aromatic rings. The van der Waals surface area contributed by atoms with E-state index >= 15 is 0 Å². The first-order valence-electron chi connectivity index (χ1n) is 4.32. The van der Waals surface area contributed by atoms with Crippen molar-refractivity contribution in [3.8, 4) is 0 Å². The molecule has 1 N–H and O–H groups in total. The molecule has 1 saturated heterocycles. The Morgan fingerprint density at radius 3 is 2.71 bits per heavy atom. The van der Waals surface area contributed by atoms with Gasteiger partial charge in [-0.3, -0.25) is 15.0 Å². The number of hydrogen-bond acceptors (Lipinski definition) is 4. The van der Waals surface area contributed by atoms with Gasteiger partial charge in [0.15, 0.2) is 5.71 Å². The van der Waals surface area contributed by atoms with Crippen LogP contribution >= 0.6 is 0 Å². The summed E-state index contributed by atoms with van der Waals surface area (Å²) in [6.07, 6.45) is -0.0508. The minimum atomic E-state index is -0.319. The van der Waals surface area contributed by atoms with Crippen LogP contribution in [0, 0.1) is 0 Å². The first-order valence-corrected chi connectivity index (χ1v) is 4.32. The molecule has 0 unspecified atom stereocenters. The van der Waals surface area contributed by atoms with Crippen molar-refractivity contribution < 1.29 is 14.4 Å². The minimum absolute atomic E-state index is 0.0508. The van der Waals surface area contributed by atoms with Gasteiger partial charge < -0.3 is 4.84 Å². The quantitative estimate of drug-likeness (QED) is 0.499. The van der Waals surface area contributed by atoms with Crippen LogP contribution in [-0.2, 0) is 14.4 Å². The van der Waals surface area contributed by atoms with Crippen molar-refractivity contribution >= 4 is 17.5 Å². The summed E-state index contributed by atoms with van der Waals surface area (Å²) >= 11 is 0. The molecule has 0 aliphatic carbocycles. The van der Waals surface area contributed by atoms with Crippen LogP contribution in [0.5, 0.6) is 0 Å². The maximum atomic E-state index is 11.2. The molecule has 0 bridgehead atoms. The highest BCUT2D eigenvalue weighted by Gasteiger charge is 2.34. The lowest BCUT2D eigenvalue weighted by Gasteiger charge is -2.30. The van der Waals surface area contributed by atoms with Crippen LogP contribution in [0.1, 0.15) is 20.8 Å². The molecule has 1 fully saturated rings. The summed E-state index contributed by atoms with van der Waals surface area (Å²) in [4.78, 5) is 26.7. The fraction of sp³-hybridized carbons (Fsp3) is 0.625. The van der Waals surface area contributed by atoms with E-state index in [9.17, 15) is 9.59 Å². The summed E-state index contributed by atoms with van der Waals surface area (Å²) in [7, 11) is 0. The predicted octanol–water partition coefficient (Wildman–Crippen LogP) is -0.339. The van der Waals surface area contributed by atoms with Crippen molar-refractivity contribution in [3.05, 3.63) is 0 Å². The van der Waals surface area contributed by atoms with Crippen LogP contribution in [0.2, 0.25) is 0 Å². The highest BCUT2D eigenvalue weighted by Crippen LogP contribution is 2.04. The van der Waals surface area contributed by atoms with Gasteiger partial charge in [0.05, 0.1) is 6.54 Å². The van der Waals surface area contributed by atoms with E-state index in [1.165, 1.54) is 11.9 Å². The van der Waals surface area contributed by atoms with E-state index in [0.29, 0.717) is 12.3 Å². The Morgan fingerprint density at radius 2 is 2.29 bits per heavy atom. The van der Waals surface area contributed by atoms with Crippen molar-refractivity contribution in [2.45, 2.75) is 26.9 Å². The van der Waals surface area contributed by atoms with Crippen molar-refractivity contribution in [1.82, 2.24) is 10.4 Å². The summed E-state index contributed by atoms with van der Waals surface area (Å²) < 4.78 is 0. The van der Waals surface area contributed by atoms with Crippen LogP contribution in [-0.4, -0.2) is 35.2 Å². The van der Waals surface area contributed by atoms with Crippen molar-refractivity contribution in [2.75, 3.05) is 6.54 Å². The van der Waals surface area contributed by atoms with Crippen molar-refractivity contribution in [1.29, 1.82) is 0 Å². The van der Waals surface area contributed by atoms with Crippen LogP contribution in [0.15, 0.2) is 5.16 Å². The van der Waals surface area contributed by atoms with Gasteiger partial charge in [-0.15, -0.1) is 0 Å². The lowest BCUT2D eigenvalue weighted by Crippen LogP contribution is -2.60. The number of hydrogen-bond donors (Lipinski definition) is 1. The highest BCUT2D eigenvalue weighted by molar-refractivity contribution is 6.45. The molecule has 0 atom stereocenters. The molecule has 1 rings (SSSR count). The maximum absolute atomic E-state index is 11.2. The Bertz CT molecular complexity index is 286. The summed E-state index contributed by atoms with van der Waals surface area (Å²) in [5.41, 5.74) is 2.68. The van der Waals surface area contributed by atoms with Gasteiger partial charge in [0.25, 0.3) is 5.91 Å². The van der Waals surface area contributed by atoms with Crippen LogP contribution in [0.3, 0.4) is 0 Å². The molecule has 0 radical (unpaired) electrons. The predicted molar refractivity (Wildman–Crippen MR) is 49.2 cm³/mol. The first-order chi connectivity index (χ1) is 6.50. The monoisotopic (exact) mass is 199 g/mol. The van der Waals surface area contributed by atoms with Crippen molar-refractivity contribution in [2.24, 2.45) is 5.16 Å². The van der Waals surface area contributed by atoms with E-state index < -0.39 is 0 Å². The lowest BCUT2D eigenvalue weighted by atomic mass is 10.2. The Kier molecular flexibility index (Phi) is 3.06. The van der Waals surface area contributed by atoms with Gasteiger partial charge in [-0.05, 0) is 13.8 Å². The number of rotatable bonds is 3. The molecule has 78 valence electrons. The molecule has 14 heavy (non-hydrogen) atoms. The van der Waals surface area contributed by atoms with Crippen LogP contribution in [0.25, 0.3) is 0 Å². The number of carbonyl (C=O) groups excluding carboxylic acids is 2. The van der Waals surface area contributed by atoms with E-state index in [-0.39, 0.29) is 17.9 Å². The topological polar surface area (TPSA) is 71.0 Å². The van der Waals surface area contributed by atoms with Crippen LogP contribution in [0.4, 0.5) is 0 Å². The fourth-order valence-corrected chi connectivity index (χ4v) is 0.871. The summed E-state index contributed by atoms with van der Waals surface area (Å²) in [6, 6.07) is 0. The molecule has 0 aromatic carbocycles. The summed E-state index contributed by atoms with van der Waals surface area (Å²) in [5, 5.41) is 4.83. The Balaban J connectivity index is 2.40. The third-order valence-electron chi connectivity index (χ3n) is 1.47. The largest absolute Gasteiger partial charge is 0.393 e. The van der Waals surface area contributed by atoms with Crippen LogP contribution < -0.4 is 5.43 Å². The average molecular weight is 199 g/mol. The van der Waals surface area contributed by atoms with E-state index in [2.05, 4.69) is 10.6 Å². The smallest absolute Gasteiger partial charge is 0.292 e. The molecule has 0 aromatic heterocycles. The minimum Gasteiger partial charge on any atom is -0.393 e. The van der Waals surface area contributed by atoms with E-state index in [4.69, 9.17) is 4.84 Å². The highest BCUT2D eigenvalue weighted by atomic mass is 16.6. The van der Waals surface area contributed by atoms with E-state index in [0.717, 1.165) is 0 Å². The van der Waals surface area contributed by atoms with Crippen molar-refractivity contribution in [3.63, 3.8) is 0 Å². The van der Waals surface area contributed by atoms with Gasteiger partial charge in [0.2, 0.25) is 5.91 Å². The molecular formula is C8H13N3O3. The molecule has 1 aliphatic heterocycles. The third kappa shape index (κ3) is 2.45. The Morgan fingerprint density at radius 1 is 1.64 bits per heavy atom. The average Bonchev–Trinajstić information content (AvgIpc) is 2.08. The fourth-order valence-electron chi connectivity index (χ4n) is 0.871. The normalized spacial score (nSPS) is 18.4. The van der Waals surface area contributed by atoms with Gasteiger partial charge in [-0.2, -0.15) is 0 Å². The molecular weight excluding hydrogens is 186 g/mol. The molecule has 6 nitrogen and oxygen atoms in total. The molecule has 2 amide bonds. The van der Waals surface area contributed by atoms with Gasteiger partial charge in [-0.1, -0.05) is 5.16 Å². The second-order valence-corrected chi connectivity index (χ2v) is 3.25. The Hall–Kier alpha value is -1.59. The SMILES string of the molecule is CC(=O)NN1C/C(=N\OC(C)C)C1=O. The van der Waals surface area contributed by atoms with Gasteiger partial charge in [0, 0.05) is 6.92 Å². The number of carbonyl (C=O) groups is 2. The number of amides is 2. The number of hydrazine groups is 1. The molecule has 0 saturated carbocycles. The first kappa shape index (κ1) is 10.5. The number of nitrogens with one attached hydrogen (secondary N) is 1. The second-order valence-electron chi connectivity index (χ2n) is 3.25. The Labute approximate surface area is 81.9 Å². The zero-order valence-electron chi connectivity index (χ0n) is 8.40. The summed E-state index contributed by atoms with van der Waals surface area (Å²) in [5.74, 6) is -0.594. The summed E-state index contributed by atoms with van der Waals surface area (Å²) in [6.45, 7) is 5.27. The number of nitrogens with zero attached hydrogens (tertiary/aromatic N) is 2. The van der Waals surface area contributed by atoms with E-state index in [1.807, 2.05) is 13.8 Å². The zero-order chi connectivity index (χ0) is 10.7. The lowest BCUT2D eigenvalue weighted by molar-refractivity contribution is -0.138.